The summed E-state index contributed by atoms with van der Waals surface area (Å²) in [6, 6.07) is 3.98. The number of hydrogen-bond acceptors (Lipinski definition) is 6. The van der Waals surface area contributed by atoms with Gasteiger partial charge in [-0.3, -0.25) is 0 Å². The normalized spacial score (nSPS) is 20.6. The highest BCUT2D eigenvalue weighted by atomic mass is 15.2. The van der Waals surface area contributed by atoms with Gasteiger partial charge in [0.1, 0.15) is 0 Å². The van der Waals surface area contributed by atoms with Crippen LogP contribution in [0.25, 0.3) is 0 Å². The van der Waals surface area contributed by atoms with Gasteiger partial charge in [-0.1, -0.05) is 0 Å². The van der Waals surface area contributed by atoms with E-state index in [1.165, 1.54) is 25.7 Å². The van der Waals surface area contributed by atoms with Crippen LogP contribution in [0.3, 0.4) is 0 Å². The van der Waals surface area contributed by atoms with Crippen molar-refractivity contribution >= 4 is 11.6 Å². The van der Waals surface area contributed by atoms with E-state index in [-0.39, 0.29) is 0 Å². The third-order valence-electron chi connectivity index (χ3n) is 4.93. The molecule has 0 radical (unpaired) electrons. The summed E-state index contributed by atoms with van der Waals surface area (Å²) in [7, 11) is 0. The van der Waals surface area contributed by atoms with Gasteiger partial charge >= 0.3 is 0 Å². The summed E-state index contributed by atoms with van der Waals surface area (Å²) < 4.78 is 0. The lowest BCUT2D eigenvalue weighted by Crippen LogP contribution is -2.25. The Labute approximate surface area is 143 Å². The maximum atomic E-state index is 4.16. The fraction of sp³-hybridized carbons (Fsp3) is 0.556. The fourth-order valence-corrected chi connectivity index (χ4v) is 3.26. The summed E-state index contributed by atoms with van der Waals surface area (Å²) in [6.45, 7) is 6.11. The second-order valence-corrected chi connectivity index (χ2v) is 6.77. The van der Waals surface area contributed by atoms with Crippen molar-refractivity contribution in [3.63, 3.8) is 0 Å². The number of hydrogen-bond donors (Lipinski definition) is 2. The molecule has 0 aliphatic heterocycles. The van der Waals surface area contributed by atoms with Gasteiger partial charge < -0.3 is 10.6 Å². The monoisotopic (exact) mass is 326 g/mol. The average Bonchev–Trinajstić information content (AvgIpc) is 2.61. The Morgan fingerprint density at radius 2 is 1.21 bits per heavy atom. The Morgan fingerprint density at radius 3 is 1.58 bits per heavy atom. The van der Waals surface area contributed by atoms with Gasteiger partial charge in [-0.25, -0.2) is 0 Å². The largest absolute Gasteiger partial charge is 0.368 e. The zero-order chi connectivity index (χ0) is 16.8. The molecule has 24 heavy (non-hydrogen) atoms. The first kappa shape index (κ1) is 16.6. The lowest BCUT2D eigenvalue weighted by molar-refractivity contribution is 0.293. The van der Waals surface area contributed by atoms with Gasteiger partial charge in [0.15, 0.2) is 11.6 Å². The smallest absolute Gasteiger partial charge is 0.151 e. The van der Waals surface area contributed by atoms with Crippen molar-refractivity contribution in [1.29, 1.82) is 0 Å². The molecule has 1 aliphatic rings. The Morgan fingerprint density at radius 1 is 0.792 bits per heavy atom. The summed E-state index contributed by atoms with van der Waals surface area (Å²) >= 11 is 0. The van der Waals surface area contributed by atoms with Crippen LogP contribution in [-0.4, -0.2) is 33.5 Å². The molecule has 128 valence electrons. The van der Waals surface area contributed by atoms with Crippen molar-refractivity contribution in [2.24, 2.45) is 11.8 Å². The van der Waals surface area contributed by atoms with Crippen LogP contribution in [0.15, 0.2) is 24.5 Å². The number of nitrogens with zero attached hydrogens (tertiary/aromatic N) is 4. The highest BCUT2D eigenvalue weighted by Gasteiger charge is 2.21. The number of aromatic nitrogens is 4. The maximum Gasteiger partial charge on any atom is 0.151 e. The molecule has 2 heterocycles. The van der Waals surface area contributed by atoms with Crippen molar-refractivity contribution in [3.05, 3.63) is 35.7 Å². The molecule has 1 fully saturated rings. The van der Waals surface area contributed by atoms with Crippen LogP contribution < -0.4 is 10.6 Å². The molecule has 1 aliphatic carbocycles. The quantitative estimate of drug-likeness (QED) is 0.849. The predicted molar refractivity (Wildman–Crippen MR) is 96.0 cm³/mol. The van der Waals surface area contributed by atoms with E-state index in [1.54, 1.807) is 12.4 Å². The van der Waals surface area contributed by atoms with Crippen molar-refractivity contribution in [3.8, 4) is 0 Å². The molecule has 0 spiro atoms. The lowest BCUT2D eigenvalue weighted by Gasteiger charge is -2.29. The SMILES string of the molecule is Cc1ccnnc1NC[C@H]1CC[C@H](CNc2nnccc2C)CC1. The zero-order valence-corrected chi connectivity index (χ0v) is 14.5. The number of rotatable bonds is 6. The van der Waals surface area contributed by atoms with E-state index in [4.69, 9.17) is 0 Å². The third-order valence-corrected chi connectivity index (χ3v) is 4.93. The Bertz CT molecular complexity index is 594. The van der Waals surface area contributed by atoms with Crippen LogP contribution in [0.1, 0.15) is 36.8 Å². The van der Waals surface area contributed by atoms with Crippen LogP contribution in [0.2, 0.25) is 0 Å². The minimum atomic E-state index is 0.723. The number of nitrogens with one attached hydrogen (secondary N) is 2. The Hall–Kier alpha value is -2.24. The minimum absolute atomic E-state index is 0.723. The van der Waals surface area contributed by atoms with Gasteiger partial charge in [-0.15, -0.1) is 10.2 Å². The molecule has 6 heteroatoms. The zero-order valence-electron chi connectivity index (χ0n) is 14.5. The van der Waals surface area contributed by atoms with Gasteiger partial charge in [0, 0.05) is 13.1 Å². The molecule has 0 saturated heterocycles. The van der Waals surface area contributed by atoms with E-state index in [0.717, 1.165) is 47.7 Å². The molecule has 2 aromatic rings. The molecular weight excluding hydrogens is 300 g/mol. The fourth-order valence-electron chi connectivity index (χ4n) is 3.26. The third kappa shape index (κ3) is 4.40. The molecule has 0 amide bonds. The molecular formula is C18H26N6. The number of anilines is 2. The summed E-state index contributed by atoms with van der Waals surface area (Å²) in [5, 5.41) is 23.1. The molecule has 2 aromatic heterocycles. The first-order valence-corrected chi connectivity index (χ1v) is 8.76. The maximum absolute atomic E-state index is 4.16. The second kappa shape index (κ2) is 8.04. The topological polar surface area (TPSA) is 75.6 Å². The summed E-state index contributed by atoms with van der Waals surface area (Å²) in [5.74, 6) is 3.28. The molecule has 0 atom stereocenters. The van der Waals surface area contributed by atoms with Gasteiger partial charge in [0.25, 0.3) is 0 Å². The van der Waals surface area contributed by atoms with Crippen molar-refractivity contribution in [2.75, 3.05) is 23.7 Å². The van der Waals surface area contributed by atoms with E-state index < -0.39 is 0 Å². The average molecular weight is 326 g/mol. The van der Waals surface area contributed by atoms with Crippen LogP contribution in [0, 0.1) is 25.7 Å². The first-order chi connectivity index (χ1) is 11.7. The van der Waals surface area contributed by atoms with Crippen molar-refractivity contribution < 1.29 is 0 Å². The van der Waals surface area contributed by atoms with Gasteiger partial charge in [0.05, 0.1) is 12.4 Å². The van der Waals surface area contributed by atoms with E-state index in [2.05, 4.69) is 44.9 Å². The molecule has 2 N–H and O–H groups in total. The standard InChI is InChI=1S/C18H26N6/c1-13-7-9-21-23-17(13)19-11-15-3-5-16(6-4-15)12-20-18-14(2)8-10-22-24-18/h7-10,15-16H,3-6,11-12H2,1-2H3,(H,19,23)(H,20,24)/t15-,16-. The second-order valence-electron chi connectivity index (χ2n) is 6.77. The number of aryl methyl sites for hydroxylation is 2. The van der Waals surface area contributed by atoms with Crippen LogP contribution in [0.4, 0.5) is 11.6 Å². The minimum Gasteiger partial charge on any atom is -0.368 e. The molecule has 0 unspecified atom stereocenters. The highest BCUT2D eigenvalue weighted by Crippen LogP contribution is 2.29. The Kier molecular flexibility index (Phi) is 5.56. The Balaban J connectivity index is 1.40. The first-order valence-electron chi connectivity index (χ1n) is 8.76. The van der Waals surface area contributed by atoms with Crippen molar-refractivity contribution in [2.45, 2.75) is 39.5 Å². The van der Waals surface area contributed by atoms with Crippen molar-refractivity contribution in [1.82, 2.24) is 20.4 Å². The van der Waals surface area contributed by atoms with E-state index >= 15 is 0 Å². The summed E-state index contributed by atoms with van der Waals surface area (Å²) in [6.07, 6.45) is 8.52. The summed E-state index contributed by atoms with van der Waals surface area (Å²) in [4.78, 5) is 0. The van der Waals surface area contributed by atoms with Crippen LogP contribution >= 0.6 is 0 Å². The molecule has 6 nitrogen and oxygen atoms in total. The van der Waals surface area contributed by atoms with E-state index in [9.17, 15) is 0 Å². The van der Waals surface area contributed by atoms with Crippen LogP contribution in [-0.2, 0) is 0 Å². The lowest BCUT2D eigenvalue weighted by atomic mass is 9.82. The van der Waals surface area contributed by atoms with E-state index in [1.807, 2.05) is 12.1 Å². The highest BCUT2D eigenvalue weighted by molar-refractivity contribution is 5.41. The summed E-state index contributed by atoms with van der Waals surface area (Å²) in [5.41, 5.74) is 2.31. The molecule has 0 bridgehead atoms. The van der Waals surface area contributed by atoms with Gasteiger partial charge in [-0.05, 0) is 74.6 Å². The molecule has 3 rings (SSSR count). The van der Waals surface area contributed by atoms with Crippen LogP contribution in [0.5, 0.6) is 0 Å². The van der Waals surface area contributed by atoms with Gasteiger partial charge in [0.2, 0.25) is 0 Å². The van der Waals surface area contributed by atoms with E-state index in [0.29, 0.717) is 0 Å². The van der Waals surface area contributed by atoms with Gasteiger partial charge in [-0.2, -0.15) is 10.2 Å². The molecule has 1 saturated carbocycles. The predicted octanol–water partition coefficient (Wildman–Crippen LogP) is 3.21. The molecule has 0 aromatic carbocycles.